The van der Waals surface area contributed by atoms with Crippen molar-refractivity contribution in [2.24, 2.45) is 0 Å². The van der Waals surface area contributed by atoms with Crippen molar-refractivity contribution in [1.29, 1.82) is 0 Å². The van der Waals surface area contributed by atoms with Crippen LogP contribution in [0.4, 0.5) is 0 Å². The van der Waals surface area contributed by atoms with Gasteiger partial charge in [-0.2, -0.15) is 0 Å². The number of carbonyl (C=O) groups is 2. The molecule has 22 heavy (non-hydrogen) atoms. The van der Waals surface area contributed by atoms with Gasteiger partial charge in [-0.25, -0.2) is 0 Å². The van der Waals surface area contributed by atoms with E-state index in [1.807, 2.05) is 69.9 Å². The summed E-state index contributed by atoms with van der Waals surface area (Å²) in [7, 11) is 0. The van der Waals surface area contributed by atoms with Gasteiger partial charge in [0, 0.05) is 25.0 Å². The van der Waals surface area contributed by atoms with E-state index < -0.39 is 0 Å². The van der Waals surface area contributed by atoms with Gasteiger partial charge in [0.25, 0.3) is 0 Å². The topological polar surface area (TPSA) is 40.6 Å². The molecule has 0 aromatic heterocycles. The lowest BCUT2D eigenvalue weighted by atomic mass is 10.1. The fourth-order valence-electron chi connectivity index (χ4n) is 2.39. The van der Waals surface area contributed by atoms with Crippen LogP contribution in [0.3, 0.4) is 0 Å². The molecule has 0 spiro atoms. The highest BCUT2D eigenvalue weighted by Crippen LogP contribution is 2.15. The zero-order valence-corrected chi connectivity index (χ0v) is 14.6. The Labute approximate surface area is 134 Å². The van der Waals surface area contributed by atoms with Gasteiger partial charge < -0.3 is 9.80 Å². The van der Waals surface area contributed by atoms with Crippen LogP contribution < -0.4 is 0 Å². The monoisotopic (exact) mass is 304 g/mol. The highest BCUT2D eigenvalue weighted by Gasteiger charge is 2.28. The molecule has 0 N–H and O–H groups in total. The molecule has 1 aromatic rings. The predicted molar refractivity (Wildman–Crippen MR) is 89.3 cm³/mol. The van der Waals surface area contributed by atoms with Gasteiger partial charge in [-0.05, 0) is 40.2 Å². The minimum Gasteiger partial charge on any atom is -0.334 e. The largest absolute Gasteiger partial charge is 0.334 e. The highest BCUT2D eigenvalue weighted by molar-refractivity contribution is 5.84. The third kappa shape index (κ3) is 5.17. The fraction of sp³-hybridized carbons (Fsp3) is 0.556. The van der Waals surface area contributed by atoms with E-state index >= 15 is 0 Å². The van der Waals surface area contributed by atoms with Crippen LogP contribution >= 0.6 is 0 Å². The first-order valence-corrected chi connectivity index (χ1v) is 7.74. The van der Waals surface area contributed by atoms with E-state index in [2.05, 4.69) is 0 Å². The van der Waals surface area contributed by atoms with Crippen LogP contribution in [-0.4, -0.2) is 39.7 Å². The molecule has 2 amide bonds. The van der Waals surface area contributed by atoms with E-state index in [1.54, 1.807) is 4.90 Å². The number of hydrogen-bond donors (Lipinski definition) is 0. The van der Waals surface area contributed by atoms with Gasteiger partial charge in [0.1, 0.15) is 6.54 Å². The van der Waals surface area contributed by atoms with Gasteiger partial charge in [-0.1, -0.05) is 30.3 Å². The molecule has 0 aliphatic carbocycles. The molecule has 0 saturated carbocycles. The summed E-state index contributed by atoms with van der Waals surface area (Å²) in [6, 6.07) is 10.00. The zero-order valence-electron chi connectivity index (χ0n) is 14.6. The predicted octanol–water partition coefficient (Wildman–Crippen LogP) is 3.07. The van der Waals surface area contributed by atoms with Gasteiger partial charge in [0.15, 0.2) is 0 Å². The summed E-state index contributed by atoms with van der Waals surface area (Å²) in [5.74, 6) is -0.103. The number of hydrogen-bond acceptors (Lipinski definition) is 2. The Morgan fingerprint density at radius 1 is 1.09 bits per heavy atom. The third-order valence-corrected chi connectivity index (χ3v) is 3.62. The Bertz CT molecular complexity index is 504. The Morgan fingerprint density at radius 3 is 2.05 bits per heavy atom. The van der Waals surface area contributed by atoms with E-state index in [1.165, 1.54) is 6.92 Å². The summed E-state index contributed by atoms with van der Waals surface area (Å²) in [5.41, 5.74) is 0.728. The van der Waals surface area contributed by atoms with E-state index in [-0.39, 0.29) is 29.9 Å². The molecule has 0 atom stereocenters. The molecule has 4 heteroatoms. The normalized spacial score (nSPS) is 11.4. The van der Waals surface area contributed by atoms with Crippen LogP contribution in [0.1, 0.15) is 47.1 Å². The molecule has 0 radical (unpaired) electrons. The van der Waals surface area contributed by atoms with Gasteiger partial charge >= 0.3 is 0 Å². The SMILES string of the molecule is CC(=O)N(CC(=O)N(Cc1ccccc1)C(C)C)C(C)(C)C. The molecule has 0 heterocycles. The number of carbonyl (C=O) groups excluding carboxylic acids is 2. The Balaban J connectivity index is 2.87. The second-order valence-corrected chi connectivity index (χ2v) is 6.88. The molecule has 0 fully saturated rings. The van der Waals surface area contributed by atoms with Crippen LogP contribution in [-0.2, 0) is 16.1 Å². The van der Waals surface area contributed by atoms with Crippen LogP contribution in [0.5, 0.6) is 0 Å². The number of benzene rings is 1. The molecule has 0 saturated heterocycles. The maximum Gasteiger partial charge on any atom is 0.242 e. The van der Waals surface area contributed by atoms with Crippen LogP contribution in [0.25, 0.3) is 0 Å². The van der Waals surface area contributed by atoms with Crippen molar-refractivity contribution >= 4 is 11.8 Å². The lowest BCUT2D eigenvalue weighted by Crippen LogP contribution is -2.51. The maximum atomic E-state index is 12.7. The summed E-state index contributed by atoms with van der Waals surface area (Å²) < 4.78 is 0. The van der Waals surface area contributed by atoms with Crippen LogP contribution in [0, 0.1) is 0 Å². The molecule has 0 unspecified atom stereocenters. The summed E-state index contributed by atoms with van der Waals surface area (Å²) in [5, 5.41) is 0. The van der Waals surface area contributed by atoms with E-state index in [0.717, 1.165) is 5.56 Å². The van der Waals surface area contributed by atoms with Crippen LogP contribution in [0.15, 0.2) is 30.3 Å². The first kappa shape index (κ1) is 18.2. The van der Waals surface area contributed by atoms with Crippen molar-refractivity contribution < 1.29 is 9.59 Å². The smallest absolute Gasteiger partial charge is 0.242 e. The minimum absolute atomic E-state index is 0.0241. The second-order valence-electron chi connectivity index (χ2n) is 6.88. The molecule has 122 valence electrons. The molecular weight excluding hydrogens is 276 g/mol. The van der Waals surface area contributed by atoms with Gasteiger partial charge in [-0.3, -0.25) is 9.59 Å². The van der Waals surface area contributed by atoms with E-state index in [4.69, 9.17) is 0 Å². The molecule has 0 aliphatic rings. The Kier molecular flexibility index (Phi) is 6.15. The summed E-state index contributed by atoms with van der Waals surface area (Å²) in [4.78, 5) is 28.0. The Morgan fingerprint density at radius 2 is 1.64 bits per heavy atom. The van der Waals surface area contributed by atoms with E-state index in [0.29, 0.717) is 6.54 Å². The van der Waals surface area contributed by atoms with Gasteiger partial charge in [0.05, 0.1) is 0 Å². The Hall–Kier alpha value is -1.84. The summed E-state index contributed by atoms with van der Waals surface area (Å²) in [6.45, 7) is 12.0. The highest BCUT2D eigenvalue weighted by atomic mass is 16.2. The van der Waals surface area contributed by atoms with Crippen molar-refractivity contribution in [3.8, 4) is 0 Å². The van der Waals surface area contributed by atoms with Crippen molar-refractivity contribution in [2.45, 2.75) is 59.7 Å². The van der Waals surface area contributed by atoms with Crippen molar-refractivity contribution in [2.75, 3.05) is 6.54 Å². The molecular formula is C18H28N2O2. The lowest BCUT2D eigenvalue weighted by molar-refractivity contribution is -0.144. The average Bonchev–Trinajstić information content (AvgIpc) is 2.41. The van der Waals surface area contributed by atoms with Gasteiger partial charge in [0.2, 0.25) is 11.8 Å². The second kappa shape index (κ2) is 7.43. The van der Waals surface area contributed by atoms with Crippen molar-refractivity contribution in [1.82, 2.24) is 9.80 Å². The molecule has 1 rings (SSSR count). The van der Waals surface area contributed by atoms with Crippen LogP contribution in [0.2, 0.25) is 0 Å². The molecule has 1 aromatic carbocycles. The summed E-state index contributed by atoms with van der Waals surface area (Å²) >= 11 is 0. The lowest BCUT2D eigenvalue weighted by Gasteiger charge is -2.37. The fourth-order valence-corrected chi connectivity index (χ4v) is 2.39. The van der Waals surface area contributed by atoms with Gasteiger partial charge in [-0.15, -0.1) is 0 Å². The first-order valence-electron chi connectivity index (χ1n) is 7.74. The standard InChI is InChI=1S/C18H28N2O2/c1-14(2)19(12-16-10-8-7-9-11-16)17(22)13-20(15(3)21)18(4,5)6/h7-11,14H,12-13H2,1-6H3. The minimum atomic E-state index is -0.364. The number of amides is 2. The number of nitrogens with zero attached hydrogens (tertiary/aromatic N) is 2. The van der Waals surface area contributed by atoms with E-state index in [9.17, 15) is 9.59 Å². The maximum absolute atomic E-state index is 12.7. The number of rotatable bonds is 5. The quantitative estimate of drug-likeness (QED) is 0.839. The molecule has 0 aliphatic heterocycles. The molecule has 4 nitrogen and oxygen atoms in total. The summed E-state index contributed by atoms with van der Waals surface area (Å²) in [6.07, 6.45) is 0. The van der Waals surface area contributed by atoms with Crippen molar-refractivity contribution in [3.63, 3.8) is 0 Å². The van der Waals surface area contributed by atoms with Crippen molar-refractivity contribution in [3.05, 3.63) is 35.9 Å². The first-order chi connectivity index (χ1) is 10.1. The zero-order chi connectivity index (χ0) is 16.9. The third-order valence-electron chi connectivity index (χ3n) is 3.62. The molecule has 0 bridgehead atoms. The average molecular weight is 304 g/mol.